The van der Waals surface area contributed by atoms with E-state index in [1.807, 2.05) is 26.0 Å². The van der Waals surface area contributed by atoms with Crippen molar-refractivity contribution in [1.82, 2.24) is 4.72 Å². The van der Waals surface area contributed by atoms with Crippen molar-refractivity contribution in [3.05, 3.63) is 64.7 Å². The first-order chi connectivity index (χ1) is 15.7. The van der Waals surface area contributed by atoms with E-state index in [0.717, 1.165) is 31.3 Å². The van der Waals surface area contributed by atoms with Gasteiger partial charge in [-0.15, -0.1) is 0 Å². The number of aromatic hydroxyl groups is 2. The van der Waals surface area contributed by atoms with E-state index in [1.165, 1.54) is 6.07 Å². The van der Waals surface area contributed by atoms with Gasteiger partial charge < -0.3 is 10.2 Å². The van der Waals surface area contributed by atoms with Gasteiger partial charge in [-0.2, -0.15) is 0 Å². The molecule has 1 unspecified atom stereocenters. The van der Waals surface area contributed by atoms with E-state index in [2.05, 4.69) is 4.72 Å². The number of amides is 1. The number of sulfonamides is 1. The van der Waals surface area contributed by atoms with Crippen LogP contribution in [0.5, 0.6) is 11.5 Å². The van der Waals surface area contributed by atoms with Gasteiger partial charge in [0.05, 0.1) is 6.42 Å². The van der Waals surface area contributed by atoms with Crippen molar-refractivity contribution < 1.29 is 23.4 Å². The minimum absolute atomic E-state index is 0.0957. The molecule has 6 nitrogen and oxygen atoms in total. The highest BCUT2D eigenvalue weighted by atomic mass is 32.2. The topological polar surface area (TPSA) is 104 Å². The predicted octanol–water partition coefficient (Wildman–Crippen LogP) is 5.09. The summed E-state index contributed by atoms with van der Waals surface area (Å²) in [5, 5.41) is 21.9. The Bertz CT molecular complexity index is 1120. The van der Waals surface area contributed by atoms with E-state index in [0.29, 0.717) is 30.4 Å². The third-order valence-electron chi connectivity index (χ3n) is 6.07. The number of hydrogen-bond donors (Lipinski definition) is 3. The molecule has 0 fully saturated rings. The smallest absolute Gasteiger partial charge is 0.268 e. The maximum atomic E-state index is 13.3. The lowest BCUT2D eigenvalue weighted by atomic mass is 9.84. The summed E-state index contributed by atoms with van der Waals surface area (Å²) in [4.78, 5) is 12.2. The summed E-state index contributed by atoms with van der Waals surface area (Å²) < 4.78 is 28.8. The summed E-state index contributed by atoms with van der Waals surface area (Å²) in [6, 6.07) is 10.3. The molecule has 1 aliphatic rings. The molecule has 0 aromatic heterocycles. The number of hydrogen-bond acceptors (Lipinski definition) is 5. The molecule has 1 aliphatic carbocycles. The van der Waals surface area contributed by atoms with Crippen LogP contribution in [0.3, 0.4) is 0 Å². The largest absolute Gasteiger partial charge is 0.507 e. The fourth-order valence-corrected chi connectivity index (χ4v) is 5.82. The minimum Gasteiger partial charge on any atom is -0.507 e. The number of allylic oxidation sites excluding steroid dienone is 2. The number of rotatable bonds is 9. The van der Waals surface area contributed by atoms with Crippen molar-refractivity contribution in [2.45, 2.75) is 76.0 Å². The highest BCUT2D eigenvalue weighted by Gasteiger charge is 2.31. The fourth-order valence-electron chi connectivity index (χ4n) is 4.48. The van der Waals surface area contributed by atoms with Crippen LogP contribution in [0, 0.1) is 0 Å². The number of carbonyl (C=O) groups excluding carboxylic acids is 1. The second-order valence-corrected chi connectivity index (χ2v) is 10.4. The molecule has 2 aromatic rings. The van der Waals surface area contributed by atoms with Gasteiger partial charge in [0.1, 0.15) is 16.4 Å². The highest BCUT2D eigenvalue weighted by molar-refractivity contribution is 7.90. The van der Waals surface area contributed by atoms with Crippen molar-refractivity contribution in [1.29, 1.82) is 0 Å². The summed E-state index contributed by atoms with van der Waals surface area (Å²) in [5.74, 6) is -1.53. The molecule has 33 heavy (non-hydrogen) atoms. The molecule has 1 amide bonds. The Hall–Kier alpha value is -2.80. The average Bonchev–Trinajstić information content (AvgIpc) is 2.73. The zero-order valence-corrected chi connectivity index (χ0v) is 20.1. The van der Waals surface area contributed by atoms with Gasteiger partial charge in [-0.05, 0) is 56.2 Å². The van der Waals surface area contributed by atoms with Gasteiger partial charge in [0.2, 0.25) is 5.91 Å². The Balaban J connectivity index is 2.01. The van der Waals surface area contributed by atoms with Gasteiger partial charge in [-0.25, -0.2) is 13.1 Å². The lowest BCUT2D eigenvalue weighted by Crippen LogP contribution is -2.32. The molecule has 2 aromatic carbocycles. The van der Waals surface area contributed by atoms with Crippen LogP contribution in [0.1, 0.15) is 75.0 Å². The van der Waals surface area contributed by atoms with Crippen molar-refractivity contribution in [2.24, 2.45) is 0 Å². The molecule has 1 atom stereocenters. The molecule has 0 heterocycles. The Morgan fingerprint density at radius 2 is 1.88 bits per heavy atom. The van der Waals surface area contributed by atoms with Crippen LogP contribution in [-0.4, -0.2) is 24.5 Å². The van der Waals surface area contributed by atoms with Gasteiger partial charge in [-0.1, -0.05) is 61.7 Å². The average molecular weight is 472 g/mol. The molecule has 0 radical (unpaired) electrons. The number of phenols is 2. The molecule has 3 N–H and O–H groups in total. The maximum absolute atomic E-state index is 13.3. The van der Waals surface area contributed by atoms with Crippen LogP contribution in [-0.2, 0) is 27.7 Å². The van der Waals surface area contributed by atoms with Crippen LogP contribution >= 0.6 is 0 Å². The number of aryl methyl sites for hydroxylation is 1. The Labute approximate surface area is 196 Å². The first-order valence-corrected chi connectivity index (χ1v) is 13.1. The molecule has 0 bridgehead atoms. The Kier molecular flexibility index (Phi) is 8.19. The number of phenolic OH excluding ortho intramolecular Hbond substituents is 2. The van der Waals surface area contributed by atoms with Crippen molar-refractivity contribution >= 4 is 15.9 Å². The maximum Gasteiger partial charge on any atom is 0.268 e. The van der Waals surface area contributed by atoms with E-state index in [-0.39, 0.29) is 28.5 Å². The molecule has 3 rings (SSSR count). The standard InChI is InChI=1S/C26H33NO5S/c1-3-4-6-13-21-17-22(28)24(20-14-9-10-18(2)15-20)25(30)26(21)33(31,32)27-23(29)16-19-11-7-5-8-12-19/h5,7-8,11-12,15,17,20,28,30H,3-4,6,9-10,13-14,16H2,1-2H3,(H,27,29). The summed E-state index contributed by atoms with van der Waals surface area (Å²) in [7, 11) is -4.35. The fraction of sp³-hybridized carbons (Fsp3) is 0.423. The highest BCUT2D eigenvalue weighted by Crippen LogP contribution is 2.45. The van der Waals surface area contributed by atoms with E-state index in [1.54, 1.807) is 24.3 Å². The first-order valence-electron chi connectivity index (χ1n) is 11.6. The quantitative estimate of drug-likeness (QED) is 0.349. The van der Waals surface area contributed by atoms with Gasteiger partial charge in [0.15, 0.2) is 0 Å². The van der Waals surface area contributed by atoms with Gasteiger partial charge in [0, 0.05) is 11.5 Å². The van der Waals surface area contributed by atoms with E-state index in [9.17, 15) is 23.4 Å². The zero-order valence-electron chi connectivity index (χ0n) is 19.3. The van der Waals surface area contributed by atoms with Crippen LogP contribution in [0.15, 0.2) is 52.9 Å². The Morgan fingerprint density at radius 3 is 2.55 bits per heavy atom. The normalized spacial score (nSPS) is 16.3. The lowest BCUT2D eigenvalue weighted by Gasteiger charge is -2.24. The summed E-state index contributed by atoms with van der Waals surface area (Å²) >= 11 is 0. The number of nitrogens with one attached hydrogen (secondary N) is 1. The predicted molar refractivity (Wildman–Crippen MR) is 129 cm³/mol. The number of unbranched alkanes of at least 4 members (excludes halogenated alkanes) is 2. The van der Waals surface area contributed by atoms with Crippen LogP contribution in [0.2, 0.25) is 0 Å². The molecule has 0 saturated carbocycles. The van der Waals surface area contributed by atoms with Crippen LogP contribution < -0.4 is 4.72 Å². The van der Waals surface area contributed by atoms with Gasteiger partial charge in [0.25, 0.3) is 10.0 Å². The molecular weight excluding hydrogens is 438 g/mol. The molecule has 7 heteroatoms. The van der Waals surface area contributed by atoms with Crippen LogP contribution in [0.4, 0.5) is 0 Å². The second kappa shape index (κ2) is 10.9. The van der Waals surface area contributed by atoms with E-state index < -0.39 is 21.7 Å². The van der Waals surface area contributed by atoms with Gasteiger partial charge in [-0.3, -0.25) is 4.79 Å². The van der Waals surface area contributed by atoms with E-state index in [4.69, 9.17) is 0 Å². The Morgan fingerprint density at radius 1 is 1.15 bits per heavy atom. The summed E-state index contributed by atoms with van der Waals surface area (Å²) in [6.07, 6.45) is 7.31. The van der Waals surface area contributed by atoms with E-state index >= 15 is 0 Å². The molecule has 0 aliphatic heterocycles. The SMILES string of the molecule is CCCCCc1cc(O)c(C2C=C(C)CCC2)c(O)c1S(=O)(=O)NC(=O)Cc1ccccc1. The molecular formula is C26H33NO5S. The number of carbonyl (C=O) groups is 1. The minimum atomic E-state index is -4.35. The number of benzene rings is 2. The molecule has 178 valence electrons. The summed E-state index contributed by atoms with van der Waals surface area (Å²) in [5.41, 5.74) is 2.35. The molecule has 0 saturated heterocycles. The lowest BCUT2D eigenvalue weighted by molar-refractivity contribution is -0.118. The third-order valence-corrected chi connectivity index (χ3v) is 7.55. The van der Waals surface area contributed by atoms with Crippen molar-refractivity contribution in [3.8, 4) is 11.5 Å². The third kappa shape index (κ3) is 6.16. The zero-order chi connectivity index (χ0) is 24.0. The summed E-state index contributed by atoms with van der Waals surface area (Å²) in [6.45, 7) is 4.03. The van der Waals surface area contributed by atoms with Crippen LogP contribution in [0.25, 0.3) is 0 Å². The van der Waals surface area contributed by atoms with Gasteiger partial charge >= 0.3 is 0 Å². The molecule has 0 spiro atoms. The monoisotopic (exact) mass is 471 g/mol. The van der Waals surface area contributed by atoms with Crippen molar-refractivity contribution in [3.63, 3.8) is 0 Å². The first kappa shape index (κ1) is 24.8. The van der Waals surface area contributed by atoms with Crippen molar-refractivity contribution in [2.75, 3.05) is 0 Å². The second-order valence-electron chi connectivity index (χ2n) is 8.81.